The number of benzene rings is 1. The lowest BCUT2D eigenvalue weighted by molar-refractivity contribution is 0.0817. The van der Waals surface area contributed by atoms with Crippen molar-refractivity contribution in [2.45, 2.75) is 52.1 Å². The van der Waals surface area contributed by atoms with Gasteiger partial charge in [-0.15, -0.1) is 0 Å². The maximum atomic E-state index is 12.5. The molecule has 0 N–H and O–H groups in total. The Morgan fingerprint density at radius 3 is 2.67 bits per heavy atom. The molecular formula is C16H23NO. The van der Waals surface area contributed by atoms with Gasteiger partial charge in [-0.2, -0.15) is 0 Å². The van der Waals surface area contributed by atoms with Gasteiger partial charge in [-0.3, -0.25) is 9.69 Å². The summed E-state index contributed by atoms with van der Waals surface area (Å²) in [5.41, 5.74) is 2.04. The molecule has 0 amide bonds. The van der Waals surface area contributed by atoms with Gasteiger partial charge in [-0.1, -0.05) is 36.8 Å². The van der Waals surface area contributed by atoms with E-state index >= 15 is 0 Å². The van der Waals surface area contributed by atoms with Crippen LogP contribution in [0.2, 0.25) is 0 Å². The first-order valence-corrected chi connectivity index (χ1v) is 7.00. The summed E-state index contributed by atoms with van der Waals surface area (Å²) in [6.07, 6.45) is 3.61. The van der Waals surface area contributed by atoms with Crippen molar-refractivity contribution in [1.29, 1.82) is 0 Å². The normalized spacial score (nSPS) is 22.1. The summed E-state index contributed by atoms with van der Waals surface area (Å²) in [7, 11) is 0. The van der Waals surface area contributed by atoms with Crippen molar-refractivity contribution in [3.05, 3.63) is 35.4 Å². The second kappa shape index (κ2) is 5.66. The summed E-state index contributed by atoms with van der Waals surface area (Å²) in [6.45, 7) is 7.38. The molecule has 0 saturated carbocycles. The van der Waals surface area contributed by atoms with Crippen LogP contribution in [0.4, 0.5) is 0 Å². The predicted octanol–water partition coefficient (Wildman–Crippen LogP) is 3.44. The molecule has 1 aromatic rings. The van der Waals surface area contributed by atoms with E-state index in [9.17, 15) is 4.79 Å². The molecule has 1 saturated heterocycles. The summed E-state index contributed by atoms with van der Waals surface area (Å²) in [4.78, 5) is 14.8. The van der Waals surface area contributed by atoms with Crippen molar-refractivity contribution in [2.24, 2.45) is 0 Å². The number of Topliss-reactive ketones (excluding diaryl/α,β-unsaturated/α-hetero) is 1. The van der Waals surface area contributed by atoms with E-state index in [1.807, 2.05) is 31.2 Å². The Hall–Kier alpha value is -1.15. The maximum Gasteiger partial charge on any atom is 0.179 e. The Morgan fingerprint density at radius 2 is 2.06 bits per heavy atom. The third-order valence-corrected chi connectivity index (χ3v) is 4.11. The van der Waals surface area contributed by atoms with Crippen molar-refractivity contribution < 1.29 is 4.79 Å². The Labute approximate surface area is 110 Å². The number of likely N-dealkylation sites (tertiary alicyclic amines) is 1. The van der Waals surface area contributed by atoms with E-state index in [0.29, 0.717) is 6.04 Å². The number of nitrogens with zero attached hydrogens (tertiary/aromatic N) is 1. The van der Waals surface area contributed by atoms with Crippen LogP contribution in [0.5, 0.6) is 0 Å². The van der Waals surface area contributed by atoms with E-state index in [-0.39, 0.29) is 11.8 Å². The van der Waals surface area contributed by atoms with Crippen molar-refractivity contribution in [1.82, 2.24) is 4.90 Å². The van der Waals surface area contributed by atoms with Crippen LogP contribution in [0.3, 0.4) is 0 Å². The fourth-order valence-corrected chi connectivity index (χ4v) is 2.92. The van der Waals surface area contributed by atoms with E-state index < -0.39 is 0 Å². The molecule has 1 aliphatic heterocycles. The van der Waals surface area contributed by atoms with E-state index in [1.165, 1.54) is 18.4 Å². The molecule has 1 aromatic carbocycles. The van der Waals surface area contributed by atoms with E-state index in [4.69, 9.17) is 0 Å². The molecule has 0 radical (unpaired) electrons. The number of rotatable bonds is 4. The highest BCUT2D eigenvalue weighted by Crippen LogP contribution is 2.24. The summed E-state index contributed by atoms with van der Waals surface area (Å²) < 4.78 is 0. The first kappa shape index (κ1) is 13.3. The lowest BCUT2D eigenvalue weighted by Crippen LogP contribution is -2.41. The number of hydrogen-bond acceptors (Lipinski definition) is 2. The Bertz CT molecular complexity index is 410. The van der Waals surface area contributed by atoms with Crippen molar-refractivity contribution >= 4 is 5.78 Å². The molecule has 0 aliphatic carbocycles. The fourth-order valence-electron chi connectivity index (χ4n) is 2.92. The predicted molar refractivity (Wildman–Crippen MR) is 75.0 cm³/mol. The van der Waals surface area contributed by atoms with Crippen LogP contribution < -0.4 is 0 Å². The van der Waals surface area contributed by atoms with Gasteiger partial charge in [0, 0.05) is 11.6 Å². The Morgan fingerprint density at radius 1 is 1.39 bits per heavy atom. The monoisotopic (exact) mass is 245 g/mol. The SMILES string of the molecule is CCC1CCCN1C(C)C(=O)c1ccc(C)cc1. The third-order valence-electron chi connectivity index (χ3n) is 4.11. The first-order valence-electron chi connectivity index (χ1n) is 7.00. The van der Waals surface area contributed by atoms with Crippen LogP contribution in [0.25, 0.3) is 0 Å². The smallest absolute Gasteiger partial charge is 0.179 e. The topological polar surface area (TPSA) is 20.3 Å². The number of ketones is 1. The second-order valence-electron chi connectivity index (χ2n) is 5.35. The molecule has 0 spiro atoms. The molecule has 2 unspecified atom stereocenters. The van der Waals surface area contributed by atoms with Gasteiger partial charge in [0.25, 0.3) is 0 Å². The van der Waals surface area contributed by atoms with Gasteiger partial charge < -0.3 is 0 Å². The molecule has 1 fully saturated rings. The van der Waals surface area contributed by atoms with Gasteiger partial charge in [-0.05, 0) is 39.7 Å². The number of carbonyl (C=O) groups is 1. The Kier molecular flexibility index (Phi) is 4.18. The number of aryl methyl sites for hydroxylation is 1. The standard InChI is InChI=1S/C16H23NO/c1-4-15-6-5-11-17(15)13(3)16(18)14-9-7-12(2)8-10-14/h7-10,13,15H,4-6,11H2,1-3H3. The average molecular weight is 245 g/mol. The molecular weight excluding hydrogens is 222 g/mol. The lowest BCUT2D eigenvalue weighted by atomic mass is 10.0. The quantitative estimate of drug-likeness (QED) is 0.757. The summed E-state index contributed by atoms with van der Waals surface area (Å²) in [5.74, 6) is 0.260. The molecule has 98 valence electrons. The van der Waals surface area contributed by atoms with Gasteiger partial charge in [-0.25, -0.2) is 0 Å². The molecule has 0 aromatic heterocycles. The molecule has 18 heavy (non-hydrogen) atoms. The zero-order valence-electron chi connectivity index (χ0n) is 11.6. The van der Waals surface area contributed by atoms with Crippen molar-refractivity contribution in [3.63, 3.8) is 0 Å². The first-order chi connectivity index (χ1) is 8.63. The molecule has 1 aliphatic rings. The second-order valence-corrected chi connectivity index (χ2v) is 5.35. The summed E-state index contributed by atoms with van der Waals surface area (Å²) >= 11 is 0. The van der Waals surface area contributed by atoms with Crippen LogP contribution in [-0.2, 0) is 0 Å². The van der Waals surface area contributed by atoms with Gasteiger partial charge >= 0.3 is 0 Å². The number of carbonyl (C=O) groups excluding carboxylic acids is 1. The minimum Gasteiger partial charge on any atom is -0.292 e. The van der Waals surface area contributed by atoms with Crippen LogP contribution in [0.1, 0.15) is 49.0 Å². The van der Waals surface area contributed by atoms with Crippen LogP contribution >= 0.6 is 0 Å². The van der Waals surface area contributed by atoms with Crippen molar-refractivity contribution in [2.75, 3.05) is 6.54 Å². The highest BCUT2D eigenvalue weighted by molar-refractivity contribution is 5.99. The van der Waals surface area contributed by atoms with Gasteiger partial charge in [0.1, 0.15) is 0 Å². The van der Waals surface area contributed by atoms with E-state index in [1.54, 1.807) is 0 Å². The molecule has 2 rings (SSSR count). The average Bonchev–Trinajstić information content (AvgIpc) is 2.86. The van der Waals surface area contributed by atoms with Crippen LogP contribution in [0, 0.1) is 6.92 Å². The minimum atomic E-state index is 0.0140. The van der Waals surface area contributed by atoms with Crippen LogP contribution in [-0.4, -0.2) is 29.3 Å². The van der Waals surface area contributed by atoms with Gasteiger partial charge in [0.05, 0.1) is 6.04 Å². The lowest BCUT2D eigenvalue weighted by Gasteiger charge is -2.29. The van der Waals surface area contributed by atoms with E-state index in [0.717, 1.165) is 18.5 Å². The fraction of sp³-hybridized carbons (Fsp3) is 0.562. The number of hydrogen-bond donors (Lipinski definition) is 0. The Balaban J connectivity index is 2.11. The molecule has 2 atom stereocenters. The minimum absolute atomic E-state index is 0.0140. The zero-order chi connectivity index (χ0) is 13.1. The van der Waals surface area contributed by atoms with Gasteiger partial charge in [0.15, 0.2) is 5.78 Å². The molecule has 1 heterocycles. The highest BCUT2D eigenvalue weighted by Gasteiger charge is 2.31. The molecule has 0 bridgehead atoms. The van der Waals surface area contributed by atoms with Crippen molar-refractivity contribution in [3.8, 4) is 0 Å². The zero-order valence-corrected chi connectivity index (χ0v) is 11.6. The highest BCUT2D eigenvalue weighted by atomic mass is 16.1. The van der Waals surface area contributed by atoms with E-state index in [2.05, 4.69) is 18.7 Å². The third kappa shape index (κ3) is 2.64. The molecule has 2 heteroatoms. The molecule has 2 nitrogen and oxygen atoms in total. The largest absolute Gasteiger partial charge is 0.292 e. The van der Waals surface area contributed by atoms with Crippen LogP contribution in [0.15, 0.2) is 24.3 Å². The summed E-state index contributed by atoms with van der Waals surface area (Å²) in [6, 6.07) is 8.54. The maximum absolute atomic E-state index is 12.5. The summed E-state index contributed by atoms with van der Waals surface area (Å²) in [5, 5.41) is 0. The van der Waals surface area contributed by atoms with Gasteiger partial charge in [0.2, 0.25) is 0 Å².